The van der Waals surface area contributed by atoms with Gasteiger partial charge in [0.1, 0.15) is 10.8 Å². The molecule has 1 aliphatic heterocycles. The molecule has 1 aliphatic rings. The lowest BCUT2D eigenvalue weighted by atomic mass is 10.1. The minimum Gasteiger partial charge on any atom is -0.508 e. The highest BCUT2D eigenvalue weighted by atomic mass is 35.5. The maximum absolute atomic E-state index is 10.4. The number of hydrogen-bond donors (Lipinski definition) is 1. The van der Waals surface area contributed by atoms with Crippen molar-refractivity contribution in [2.24, 2.45) is 0 Å². The highest BCUT2D eigenvalue weighted by Crippen LogP contribution is 2.36. The van der Waals surface area contributed by atoms with Crippen molar-refractivity contribution >= 4 is 48.6 Å². The molecule has 0 unspecified atom stereocenters. The second-order valence-electron chi connectivity index (χ2n) is 7.53. The van der Waals surface area contributed by atoms with Crippen molar-refractivity contribution in [2.75, 3.05) is 47.4 Å². The van der Waals surface area contributed by atoms with E-state index in [1.807, 2.05) is 24.3 Å². The van der Waals surface area contributed by atoms with Gasteiger partial charge in [-0.15, -0.1) is 48.6 Å². The number of methoxy groups -OCH3 is 2. The Kier molecular flexibility index (Phi) is 11.7. The van der Waals surface area contributed by atoms with Gasteiger partial charge in [-0.05, 0) is 43.4 Å². The number of hydrogen-bond acceptors (Lipinski definition) is 7. The summed E-state index contributed by atoms with van der Waals surface area (Å²) in [5.41, 5.74) is 3.85. The first-order valence-corrected chi connectivity index (χ1v) is 10.9. The summed E-state index contributed by atoms with van der Waals surface area (Å²) >= 11 is 1.59. The number of likely N-dealkylation sites (N-methyl/N-ethyl adjacent to an activating group) is 1. The number of thiazole rings is 1. The number of aromatic nitrogens is 1. The fourth-order valence-corrected chi connectivity index (χ4v) is 4.45. The summed E-state index contributed by atoms with van der Waals surface area (Å²) in [5.74, 6) is 1.73. The van der Waals surface area contributed by atoms with Crippen LogP contribution in [0.25, 0.3) is 21.8 Å². The Balaban J connectivity index is 0.00000181. The summed E-state index contributed by atoms with van der Waals surface area (Å²) < 4.78 is 10.7. The topological polar surface area (TPSA) is 58.1 Å². The zero-order valence-electron chi connectivity index (χ0n) is 18.8. The molecule has 0 aliphatic carbocycles. The third kappa shape index (κ3) is 6.88. The number of phenolic OH excluding ortho intramolecular Hbond substituents is 1. The number of piperazine rings is 1. The van der Waals surface area contributed by atoms with Crippen LogP contribution in [0.15, 0.2) is 41.8 Å². The molecule has 182 valence electrons. The van der Waals surface area contributed by atoms with E-state index >= 15 is 0 Å². The molecule has 0 bridgehead atoms. The fourth-order valence-electron chi connectivity index (χ4n) is 3.63. The first-order valence-electron chi connectivity index (χ1n) is 9.98. The first-order chi connectivity index (χ1) is 14.6. The van der Waals surface area contributed by atoms with E-state index in [2.05, 4.69) is 28.3 Å². The molecule has 6 nitrogen and oxygen atoms in total. The minimum absolute atomic E-state index is 0. The lowest BCUT2D eigenvalue weighted by molar-refractivity contribution is 0.147. The third-order valence-electron chi connectivity index (χ3n) is 5.50. The number of phenols is 1. The maximum atomic E-state index is 10.4. The molecule has 1 saturated heterocycles. The molecule has 1 fully saturated rings. The Morgan fingerprint density at radius 2 is 1.58 bits per heavy atom. The van der Waals surface area contributed by atoms with Gasteiger partial charge in [-0.3, -0.25) is 4.90 Å². The highest BCUT2D eigenvalue weighted by Gasteiger charge is 2.17. The number of nitrogens with zero attached hydrogens (tertiary/aromatic N) is 3. The van der Waals surface area contributed by atoms with Gasteiger partial charge in [-0.2, -0.15) is 0 Å². The van der Waals surface area contributed by atoms with Crippen LogP contribution in [0.4, 0.5) is 0 Å². The first kappa shape index (κ1) is 29.3. The predicted molar refractivity (Wildman–Crippen MR) is 142 cm³/mol. The van der Waals surface area contributed by atoms with E-state index in [-0.39, 0.29) is 37.2 Å². The van der Waals surface area contributed by atoms with E-state index in [4.69, 9.17) is 14.5 Å². The maximum Gasteiger partial charge on any atom is 0.161 e. The van der Waals surface area contributed by atoms with Gasteiger partial charge in [-0.1, -0.05) is 0 Å². The van der Waals surface area contributed by atoms with Gasteiger partial charge in [0.25, 0.3) is 0 Å². The molecular weight excluding hydrogens is 505 g/mol. The van der Waals surface area contributed by atoms with E-state index in [1.54, 1.807) is 31.6 Å². The molecule has 0 atom stereocenters. The monoisotopic (exact) mass is 533 g/mol. The van der Waals surface area contributed by atoms with Crippen molar-refractivity contribution in [1.29, 1.82) is 0 Å². The number of ether oxygens (including phenoxy) is 2. The molecular formula is C23H30Cl3N3O3S. The fraction of sp³-hybridized carbons (Fsp3) is 0.348. The Labute approximate surface area is 217 Å². The molecule has 0 amide bonds. The SMILES string of the molecule is COc1ccc(-c2nc(-c3ccc(O)c(CN4CCN(C)CC4)c3)cs2)cc1OC.Cl.Cl.Cl. The zero-order valence-corrected chi connectivity index (χ0v) is 22.1. The summed E-state index contributed by atoms with van der Waals surface area (Å²) in [5, 5.41) is 13.3. The molecule has 10 heteroatoms. The molecule has 4 rings (SSSR count). The van der Waals surface area contributed by atoms with Gasteiger partial charge in [0.05, 0.1) is 19.9 Å². The zero-order chi connectivity index (χ0) is 21.1. The summed E-state index contributed by atoms with van der Waals surface area (Å²) in [6.07, 6.45) is 0. The Hall–Kier alpha value is -1.74. The van der Waals surface area contributed by atoms with Crippen LogP contribution in [-0.4, -0.2) is 67.3 Å². The molecule has 0 saturated carbocycles. The van der Waals surface area contributed by atoms with Crippen LogP contribution >= 0.6 is 48.6 Å². The van der Waals surface area contributed by atoms with E-state index in [0.29, 0.717) is 17.2 Å². The standard InChI is InChI=1S/C23H27N3O3S.3ClH/c1-25-8-10-26(11-9-25)14-18-12-16(4-6-20(18)27)19-15-30-23(24-19)17-5-7-21(28-2)22(13-17)29-3;;;/h4-7,12-13,15,27H,8-11,14H2,1-3H3;3*1H. The molecule has 1 N–H and O–H groups in total. The van der Waals surface area contributed by atoms with Crippen molar-refractivity contribution in [1.82, 2.24) is 14.8 Å². The predicted octanol–water partition coefficient (Wildman–Crippen LogP) is 5.21. The summed E-state index contributed by atoms with van der Waals surface area (Å²) in [6, 6.07) is 11.6. The Bertz CT molecular complexity index is 1030. The molecule has 0 radical (unpaired) electrons. The summed E-state index contributed by atoms with van der Waals surface area (Å²) in [6.45, 7) is 4.89. The lowest BCUT2D eigenvalue weighted by Crippen LogP contribution is -2.43. The van der Waals surface area contributed by atoms with Crippen LogP contribution in [0.5, 0.6) is 17.2 Å². The largest absolute Gasteiger partial charge is 0.508 e. The Morgan fingerprint density at radius 3 is 2.24 bits per heavy atom. The van der Waals surface area contributed by atoms with E-state index in [9.17, 15) is 5.11 Å². The van der Waals surface area contributed by atoms with Gasteiger partial charge in [0.2, 0.25) is 0 Å². The van der Waals surface area contributed by atoms with Gasteiger partial charge in [-0.25, -0.2) is 4.98 Å². The van der Waals surface area contributed by atoms with E-state index < -0.39 is 0 Å². The molecule has 33 heavy (non-hydrogen) atoms. The van der Waals surface area contributed by atoms with Crippen LogP contribution in [0.3, 0.4) is 0 Å². The molecule has 2 heterocycles. The van der Waals surface area contributed by atoms with Crippen LogP contribution in [-0.2, 0) is 6.54 Å². The molecule has 2 aromatic carbocycles. The van der Waals surface area contributed by atoms with Crippen molar-refractivity contribution in [3.63, 3.8) is 0 Å². The van der Waals surface area contributed by atoms with E-state index in [1.165, 1.54) is 0 Å². The normalized spacial score (nSPS) is 13.9. The number of aromatic hydroxyl groups is 1. The second kappa shape index (κ2) is 13.2. The molecule has 1 aromatic heterocycles. The minimum atomic E-state index is 0. The quantitative estimate of drug-likeness (QED) is 0.468. The van der Waals surface area contributed by atoms with Crippen molar-refractivity contribution in [3.8, 4) is 39.1 Å². The van der Waals surface area contributed by atoms with E-state index in [0.717, 1.165) is 60.1 Å². The van der Waals surface area contributed by atoms with Crippen LogP contribution in [0, 0.1) is 0 Å². The lowest BCUT2D eigenvalue weighted by Gasteiger charge is -2.32. The van der Waals surface area contributed by atoms with Gasteiger partial charge >= 0.3 is 0 Å². The molecule has 0 spiro atoms. The highest BCUT2D eigenvalue weighted by molar-refractivity contribution is 7.13. The average Bonchev–Trinajstić information content (AvgIpc) is 3.26. The van der Waals surface area contributed by atoms with Crippen molar-refractivity contribution in [3.05, 3.63) is 47.3 Å². The number of halogens is 3. The third-order valence-corrected chi connectivity index (χ3v) is 6.39. The van der Waals surface area contributed by atoms with Crippen LogP contribution in [0.1, 0.15) is 5.56 Å². The van der Waals surface area contributed by atoms with Crippen LogP contribution < -0.4 is 9.47 Å². The van der Waals surface area contributed by atoms with Crippen molar-refractivity contribution < 1.29 is 14.6 Å². The summed E-state index contributed by atoms with van der Waals surface area (Å²) in [7, 11) is 5.41. The second-order valence-corrected chi connectivity index (χ2v) is 8.39. The smallest absolute Gasteiger partial charge is 0.161 e. The van der Waals surface area contributed by atoms with Gasteiger partial charge < -0.3 is 19.5 Å². The number of rotatable bonds is 6. The van der Waals surface area contributed by atoms with Gasteiger partial charge in [0, 0.05) is 54.8 Å². The van der Waals surface area contributed by atoms with Gasteiger partial charge in [0.15, 0.2) is 11.5 Å². The van der Waals surface area contributed by atoms with Crippen LogP contribution in [0.2, 0.25) is 0 Å². The summed E-state index contributed by atoms with van der Waals surface area (Å²) in [4.78, 5) is 9.54. The average molecular weight is 535 g/mol. The molecule has 3 aromatic rings. The van der Waals surface area contributed by atoms with Crippen molar-refractivity contribution in [2.45, 2.75) is 6.54 Å². The number of benzene rings is 2. The Morgan fingerprint density at radius 1 is 0.909 bits per heavy atom.